The van der Waals surface area contributed by atoms with Crippen molar-refractivity contribution in [3.8, 4) is 0 Å². The molecule has 10 heteroatoms. The summed E-state index contributed by atoms with van der Waals surface area (Å²) in [7, 11) is -6.65. The van der Waals surface area contributed by atoms with Crippen molar-refractivity contribution in [3.63, 3.8) is 0 Å². The van der Waals surface area contributed by atoms with Crippen molar-refractivity contribution in [3.05, 3.63) is 29.3 Å². The van der Waals surface area contributed by atoms with E-state index in [0.717, 1.165) is 31.9 Å². The Labute approximate surface area is 177 Å². The van der Waals surface area contributed by atoms with Crippen LogP contribution in [0.4, 0.5) is 0 Å². The van der Waals surface area contributed by atoms with Gasteiger partial charge in [0.25, 0.3) is 5.91 Å². The van der Waals surface area contributed by atoms with Gasteiger partial charge in [0.2, 0.25) is 0 Å². The Morgan fingerprint density at radius 2 is 1.80 bits per heavy atom. The van der Waals surface area contributed by atoms with Gasteiger partial charge in [-0.05, 0) is 43.9 Å². The van der Waals surface area contributed by atoms with Crippen LogP contribution in [0.2, 0.25) is 0 Å². The molecule has 1 aliphatic carbocycles. The van der Waals surface area contributed by atoms with Crippen molar-refractivity contribution < 1.29 is 31.2 Å². The summed E-state index contributed by atoms with van der Waals surface area (Å²) in [5.41, 5.74) is 0.621. The van der Waals surface area contributed by atoms with Gasteiger partial charge in [-0.3, -0.25) is 4.79 Å². The molecule has 30 heavy (non-hydrogen) atoms. The normalized spacial score (nSPS) is 21.5. The zero-order chi connectivity index (χ0) is 22.1. The van der Waals surface area contributed by atoms with Gasteiger partial charge in [0.1, 0.15) is 0 Å². The molecule has 1 aliphatic heterocycles. The maximum Gasteiger partial charge on any atom is 0.338 e. The summed E-state index contributed by atoms with van der Waals surface area (Å²) in [4.78, 5) is 27.1. The van der Waals surface area contributed by atoms with E-state index in [4.69, 9.17) is 4.74 Å². The van der Waals surface area contributed by atoms with Crippen molar-refractivity contribution in [2.75, 3.05) is 24.4 Å². The Morgan fingerprint density at radius 3 is 2.37 bits per heavy atom. The second-order valence-electron chi connectivity index (χ2n) is 8.12. The Kier molecular flexibility index (Phi) is 6.57. The first kappa shape index (κ1) is 22.7. The summed E-state index contributed by atoms with van der Waals surface area (Å²) in [6.45, 7) is 1.15. The van der Waals surface area contributed by atoms with E-state index >= 15 is 0 Å². The summed E-state index contributed by atoms with van der Waals surface area (Å²) < 4.78 is 52.6. The molecule has 1 aromatic rings. The third-order valence-electron chi connectivity index (χ3n) is 5.79. The average Bonchev–Trinajstić information content (AvgIpc) is 3.29. The number of ether oxygens (including phenoxy) is 1. The molecule has 0 radical (unpaired) electrons. The van der Waals surface area contributed by atoms with Gasteiger partial charge in [-0.1, -0.05) is 18.9 Å². The van der Waals surface area contributed by atoms with Crippen LogP contribution in [0.5, 0.6) is 0 Å². The van der Waals surface area contributed by atoms with E-state index in [9.17, 15) is 26.4 Å². The summed E-state index contributed by atoms with van der Waals surface area (Å²) in [6.07, 6.45) is 5.02. The maximum atomic E-state index is 12.9. The predicted octanol–water partition coefficient (Wildman–Crippen LogP) is 1.51. The van der Waals surface area contributed by atoms with E-state index < -0.39 is 38.2 Å². The molecule has 0 aromatic heterocycles. The van der Waals surface area contributed by atoms with Crippen LogP contribution in [0, 0.1) is 6.92 Å². The molecule has 1 amide bonds. The molecule has 2 fully saturated rings. The van der Waals surface area contributed by atoms with Crippen LogP contribution in [-0.4, -0.2) is 70.1 Å². The van der Waals surface area contributed by atoms with Crippen LogP contribution in [0.25, 0.3) is 0 Å². The quantitative estimate of drug-likeness (QED) is 0.595. The van der Waals surface area contributed by atoms with Gasteiger partial charge in [-0.15, -0.1) is 0 Å². The van der Waals surface area contributed by atoms with Crippen molar-refractivity contribution in [1.29, 1.82) is 0 Å². The Bertz CT molecular complexity index is 1040. The number of sulfone groups is 2. The molecule has 0 N–H and O–H groups in total. The summed E-state index contributed by atoms with van der Waals surface area (Å²) in [5, 5.41) is 0. The molecule has 1 saturated carbocycles. The molecule has 1 unspecified atom stereocenters. The SMILES string of the molecule is Cc1ccc(S(C)(=O)=O)cc1C(=O)OCC(=O)N(C1CCCC1)C1CCS(=O)(=O)C1. The molecule has 166 valence electrons. The minimum Gasteiger partial charge on any atom is -0.452 e. The number of benzene rings is 1. The summed E-state index contributed by atoms with van der Waals surface area (Å²) >= 11 is 0. The number of hydrogen-bond acceptors (Lipinski definition) is 7. The molecule has 2 aliphatic rings. The van der Waals surface area contributed by atoms with Gasteiger partial charge in [-0.2, -0.15) is 0 Å². The van der Waals surface area contributed by atoms with Gasteiger partial charge in [-0.25, -0.2) is 21.6 Å². The standard InChI is InChI=1S/C20H27NO7S2/c1-14-7-8-17(29(2,24)25)11-18(14)20(23)28-12-19(22)21(15-5-3-4-6-15)16-9-10-30(26,27)13-16/h7-8,11,15-16H,3-6,9-10,12-13H2,1-2H3. The highest BCUT2D eigenvalue weighted by Gasteiger charge is 2.39. The van der Waals surface area contributed by atoms with E-state index in [1.807, 2.05) is 0 Å². The number of esters is 1. The summed E-state index contributed by atoms with van der Waals surface area (Å²) in [6, 6.07) is 3.75. The molecular formula is C20H27NO7S2. The topological polar surface area (TPSA) is 115 Å². The lowest BCUT2D eigenvalue weighted by molar-refractivity contribution is -0.139. The van der Waals surface area contributed by atoms with Crippen LogP contribution < -0.4 is 0 Å². The fourth-order valence-corrected chi connectivity index (χ4v) is 6.57. The lowest BCUT2D eigenvalue weighted by atomic mass is 10.1. The molecule has 0 bridgehead atoms. The molecule has 0 spiro atoms. The monoisotopic (exact) mass is 457 g/mol. The van der Waals surface area contributed by atoms with Crippen LogP contribution in [0.3, 0.4) is 0 Å². The first-order valence-corrected chi connectivity index (χ1v) is 13.7. The number of rotatable bonds is 6. The van der Waals surface area contributed by atoms with Gasteiger partial charge in [0.05, 0.1) is 22.0 Å². The van der Waals surface area contributed by atoms with Crippen molar-refractivity contribution in [1.82, 2.24) is 4.90 Å². The number of aryl methyl sites for hydroxylation is 1. The third kappa shape index (κ3) is 5.21. The molecule has 1 saturated heterocycles. The van der Waals surface area contributed by atoms with Crippen LogP contribution in [0.1, 0.15) is 48.0 Å². The van der Waals surface area contributed by atoms with E-state index in [-0.39, 0.29) is 34.0 Å². The highest BCUT2D eigenvalue weighted by Crippen LogP contribution is 2.29. The fourth-order valence-electron chi connectivity index (χ4n) is 4.21. The minimum absolute atomic E-state index is 0.00452. The minimum atomic E-state index is -3.49. The molecule has 3 rings (SSSR count). The van der Waals surface area contributed by atoms with Gasteiger partial charge >= 0.3 is 5.97 Å². The molecule has 1 aromatic carbocycles. The lowest BCUT2D eigenvalue weighted by Crippen LogP contribution is -2.48. The summed E-state index contributed by atoms with van der Waals surface area (Å²) in [5.74, 6) is -1.18. The molecule has 1 atom stereocenters. The Hall–Kier alpha value is -1.94. The second-order valence-corrected chi connectivity index (χ2v) is 12.4. The van der Waals surface area contributed by atoms with Crippen LogP contribution >= 0.6 is 0 Å². The average molecular weight is 458 g/mol. The van der Waals surface area contributed by atoms with E-state index in [1.165, 1.54) is 18.2 Å². The number of nitrogens with zero attached hydrogens (tertiary/aromatic N) is 1. The zero-order valence-electron chi connectivity index (χ0n) is 17.2. The lowest BCUT2D eigenvalue weighted by Gasteiger charge is -2.33. The predicted molar refractivity (Wildman–Crippen MR) is 111 cm³/mol. The molecule has 8 nitrogen and oxygen atoms in total. The highest BCUT2D eigenvalue weighted by molar-refractivity contribution is 7.91. The van der Waals surface area contributed by atoms with E-state index in [2.05, 4.69) is 0 Å². The maximum absolute atomic E-state index is 12.9. The Balaban J connectivity index is 1.73. The van der Waals surface area contributed by atoms with Crippen molar-refractivity contribution in [2.24, 2.45) is 0 Å². The largest absolute Gasteiger partial charge is 0.452 e. The number of carbonyl (C=O) groups is 2. The first-order chi connectivity index (χ1) is 14.0. The Morgan fingerprint density at radius 1 is 1.13 bits per heavy atom. The zero-order valence-corrected chi connectivity index (χ0v) is 18.8. The van der Waals surface area contributed by atoms with Crippen molar-refractivity contribution >= 4 is 31.6 Å². The van der Waals surface area contributed by atoms with Gasteiger partial charge < -0.3 is 9.64 Å². The number of hydrogen-bond donors (Lipinski definition) is 0. The first-order valence-electron chi connectivity index (χ1n) is 9.97. The smallest absolute Gasteiger partial charge is 0.338 e. The number of amides is 1. The van der Waals surface area contributed by atoms with Crippen LogP contribution in [-0.2, 0) is 29.2 Å². The van der Waals surface area contributed by atoms with E-state index in [1.54, 1.807) is 11.8 Å². The van der Waals surface area contributed by atoms with E-state index in [0.29, 0.717) is 12.0 Å². The second kappa shape index (κ2) is 8.66. The highest BCUT2D eigenvalue weighted by atomic mass is 32.2. The molecule has 1 heterocycles. The van der Waals surface area contributed by atoms with Crippen LogP contribution in [0.15, 0.2) is 23.1 Å². The van der Waals surface area contributed by atoms with Crippen molar-refractivity contribution in [2.45, 2.75) is 56.0 Å². The third-order valence-corrected chi connectivity index (χ3v) is 8.65. The fraction of sp³-hybridized carbons (Fsp3) is 0.600. The van der Waals surface area contributed by atoms with Gasteiger partial charge in [0.15, 0.2) is 26.3 Å². The number of carbonyl (C=O) groups excluding carboxylic acids is 2. The van der Waals surface area contributed by atoms with Gasteiger partial charge in [0, 0.05) is 18.3 Å². The molecular weight excluding hydrogens is 430 g/mol.